The third-order valence-electron chi connectivity index (χ3n) is 4.13. The summed E-state index contributed by atoms with van der Waals surface area (Å²) in [5, 5.41) is 11.1. The van der Waals surface area contributed by atoms with Crippen LogP contribution in [0.3, 0.4) is 0 Å². The molecule has 0 radical (unpaired) electrons. The summed E-state index contributed by atoms with van der Waals surface area (Å²) in [6.45, 7) is 3.81. The third kappa shape index (κ3) is 4.62. The summed E-state index contributed by atoms with van der Waals surface area (Å²) >= 11 is 0. The number of nitrogens with one attached hydrogen (secondary N) is 2. The van der Waals surface area contributed by atoms with Crippen molar-refractivity contribution in [1.82, 2.24) is 15.0 Å². The van der Waals surface area contributed by atoms with Crippen LogP contribution in [0.1, 0.15) is 12.5 Å². The number of likely N-dealkylation sites (N-methyl/N-ethyl adjacent to an activating group) is 1. The molecule has 0 aliphatic heterocycles. The molecule has 0 saturated carbocycles. The van der Waals surface area contributed by atoms with Crippen LogP contribution in [0.2, 0.25) is 0 Å². The van der Waals surface area contributed by atoms with Crippen LogP contribution in [0.15, 0.2) is 54.9 Å². The molecule has 7 heteroatoms. The second-order valence-corrected chi connectivity index (χ2v) is 6.13. The first-order valence-corrected chi connectivity index (χ1v) is 9.18. The standard InChI is InChI=1S/C21H24N6O/c1-3-24-20-18(14-22)21(26-19(25-20)16-8-7-11-23-15-16)27(2)12-13-28-17-9-5-4-6-10-17/h4-11,14-15,22H,3,12-13H2,1-2H3,(H,24,25,26). The van der Waals surface area contributed by atoms with Crippen molar-refractivity contribution in [2.24, 2.45) is 0 Å². The van der Waals surface area contributed by atoms with E-state index >= 15 is 0 Å². The first-order valence-electron chi connectivity index (χ1n) is 9.18. The molecule has 1 aromatic carbocycles. The van der Waals surface area contributed by atoms with Gasteiger partial charge < -0.3 is 20.4 Å². The topological polar surface area (TPSA) is 87.0 Å². The van der Waals surface area contributed by atoms with Gasteiger partial charge in [-0.2, -0.15) is 0 Å². The fourth-order valence-electron chi connectivity index (χ4n) is 2.73. The van der Waals surface area contributed by atoms with Gasteiger partial charge in [0.25, 0.3) is 0 Å². The van der Waals surface area contributed by atoms with E-state index in [1.54, 1.807) is 12.4 Å². The number of benzene rings is 1. The Morgan fingerprint density at radius 2 is 1.96 bits per heavy atom. The van der Waals surface area contributed by atoms with E-state index in [0.29, 0.717) is 42.7 Å². The highest BCUT2D eigenvalue weighted by Crippen LogP contribution is 2.26. The molecular formula is C21H24N6O. The van der Waals surface area contributed by atoms with Crippen molar-refractivity contribution < 1.29 is 4.74 Å². The van der Waals surface area contributed by atoms with Crippen molar-refractivity contribution in [2.75, 3.05) is 37.0 Å². The Bertz CT molecular complexity index is 902. The summed E-state index contributed by atoms with van der Waals surface area (Å²) in [4.78, 5) is 15.4. The van der Waals surface area contributed by atoms with Gasteiger partial charge in [0.1, 0.15) is 24.0 Å². The lowest BCUT2D eigenvalue weighted by molar-refractivity contribution is 0.325. The number of aromatic nitrogens is 3. The zero-order valence-electron chi connectivity index (χ0n) is 16.1. The zero-order chi connectivity index (χ0) is 19.8. The monoisotopic (exact) mass is 376 g/mol. The highest BCUT2D eigenvalue weighted by Gasteiger charge is 2.17. The maximum absolute atomic E-state index is 7.87. The molecule has 0 unspecified atom stereocenters. The number of para-hydroxylation sites is 1. The highest BCUT2D eigenvalue weighted by atomic mass is 16.5. The molecular weight excluding hydrogens is 352 g/mol. The molecule has 2 heterocycles. The largest absolute Gasteiger partial charge is 0.492 e. The SMILES string of the molecule is CCNc1nc(-c2cccnc2)nc(N(C)CCOc2ccccc2)c1C=N. The molecule has 3 aromatic rings. The average Bonchev–Trinajstić information content (AvgIpc) is 2.74. The number of hydrogen-bond acceptors (Lipinski definition) is 7. The number of hydrogen-bond donors (Lipinski definition) is 2. The van der Waals surface area contributed by atoms with Gasteiger partial charge in [0.2, 0.25) is 0 Å². The zero-order valence-corrected chi connectivity index (χ0v) is 16.1. The first-order chi connectivity index (χ1) is 13.7. The Hall–Kier alpha value is -3.48. The van der Waals surface area contributed by atoms with Crippen LogP contribution < -0.4 is 15.0 Å². The van der Waals surface area contributed by atoms with Crippen molar-refractivity contribution in [1.29, 1.82) is 5.41 Å². The molecule has 0 amide bonds. The Morgan fingerprint density at radius 3 is 2.64 bits per heavy atom. The van der Waals surface area contributed by atoms with Gasteiger partial charge in [0.05, 0.1) is 12.1 Å². The summed E-state index contributed by atoms with van der Waals surface area (Å²) in [6.07, 6.45) is 4.74. The van der Waals surface area contributed by atoms with Gasteiger partial charge in [-0.15, -0.1) is 0 Å². The molecule has 28 heavy (non-hydrogen) atoms. The van der Waals surface area contributed by atoms with Crippen LogP contribution in [0.25, 0.3) is 11.4 Å². The number of pyridine rings is 1. The van der Waals surface area contributed by atoms with Crippen LogP contribution >= 0.6 is 0 Å². The van der Waals surface area contributed by atoms with Crippen molar-refractivity contribution in [3.63, 3.8) is 0 Å². The van der Waals surface area contributed by atoms with Gasteiger partial charge in [-0.05, 0) is 31.2 Å². The van der Waals surface area contributed by atoms with Gasteiger partial charge in [0, 0.05) is 37.8 Å². The van der Waals surface area contributed by atoms with Crippen LogP contribution in [-0.4, -0.2) is 47.9 Å². The molecule has 2 N–H and O–H groups in total. The van der Waals surface area contributed by atoms with Gasteiger partial charge in [-0.25, -0.2) is 9.97 Å². The van der Waals surface area contributed by atoms with Crippen LogP contribution in [0, 0.1) is 5.41 Å². The predicted octanol–water partition coefficient (Wildman–Crippen LogP) is 3.48. The summed E-state index contributed by atoms with van der Waals surface area (Å²) in [5.41, 5.74) is 1.48. The fraction of sp³-hybridized carbons (Fsp3) is 0.238. The molecule has 3 rings (SSSR count). The molecule has 2 aromatic heterocycles. The van der Waals surface area contributed by atoms with E-state index in [2.05, 4.69) is 15.3 Å². The van der Waals surface area contributed by atoms with Crippen LogP contribution in [-0.2, 0) is 0 Å². The van der Waals surface area contributed by atoms with Crippen molar-refractivity contribution in [3.05, 3.63) is 60.4 Å². The van der Waals surface area contributed by atoms with Crippen molar-refractivity contribution in [3.8, 4) is 17.1 Å². The van der Waals surface area contributed by atoms with Gasteiger partial charge in [-0.3, -0.25) is 4.98 Å². The Labute approximate surface area is 165 Å². The molecule has 0 atom stereocenters. The predicted molar refractivity (Wildman–Crippen MR) is 113 cm³/mol. The van der Waals surface area contributed by atoms with E-state index in [1.807, 2.05) is 61.3 Å². The third-order valence-corrected chi connectivity index (χ3v) is 4.13. The van der Waals surface area contributed by atoms with Crippen molar-refractivity contribution >= 4 is 17.9 Å². The van der Waals surface area contributed by atoms with E-state index in [0.717, 1.165) is 11.3 Å². The van der Waals surface area contributed by atoms with E-state index < -0.39 is 0 Å². The first kappa shape index (κ1) is 19.3. The van der Waals surface area contributed by atoms with Gasteiger partial charge in [0.15, 0.2) is 5.82 Å². The second-order valence-electron chi connectivity index (χ2n) is 6.13. The Kier molecular flexibility index (Phi) is 6.51. The normalized spacial score (nSPS) is 10.4. The Morgan fingerprint density at radius 1 is 1.14 bits per heavy atom. The summed E-state index contributed by atoms with van der Waals surface area (Å²) in [7, 11) is 1.94. The summed E-state index contributed by atoms with van der Waals surface area (Å²) < 4.78 is 5.80. The maximum atomic E-state index is 7.87. The quantitative estimate of drug-likeness (QED) is 0.556. The smallest absolute Gasteiger partial charge is 0.165 e. The summed E-state index contributed by atoms with van der Waals surface area (Å²) in [5.74, 6) is 2.71. The Balaban J connectivity index is 1.86. The van der Waals surface area contributed by atoms with E-state index in [1.165, 1.54) is 6.21 Å². The van der Waals surface area contributed by atoms with Crippen molar-refractivity contribution in [2.45, 2.75) is 6.92 Å². The maximum Gasteiger partial charge on any atom is 0.165 e. The lowest BCUT2D eigenvalue weighted by Gasteiger charge is -2.22. The second kappa shape index (κ2) is 9.45. The van der Waals surface area contributed by atoms with E-state index in [4.69, 9.17) is 15.1 Å². The molecule has 0 bridgehead atoms. The number of ether oxygens (including phenoxy) is 1. The molecule has 0 aliphatic rings. The lowest BCUT2D eigenvalue weighted by atomic mass is 10.2. The van der Waals surface area contributed by atoms with E-state index in [-0.39, 0.29) is 0 Å². The lowest BCUT2D eigenvalue weighted by Crippen LogP contribution is -2.26. The fourth-order valence-corrected chi connectivity index (χ4v) is 2.73. The minimum atomic E-state index is 0.501. The average molecular weight is 376 g/mol. The molecule has 7 nitrogen and oxygen atoms in total. The van der Waals surface area contributed by atoms with Crippen LogP contribution in [0.4, 0.5) is 11.6 Å². The van der Waals surface area contributed by atoms with Crippen LogP contribution in [0.5, 0.6) is 5.75 Å². The molecule has 0 fully saturated rings. The molecule has 0 spiro atoms. The highest BCUT2D eigenvalue weighted by molar-refractivity contribution is 5.91. The van der Waals surface area contributed by atoms with Gasteiger partial charge in [-0.1, -0.05) is 18.2 Å². The number of nitrogens with zero attached hydrogens (tertiary/aromatic N) is 4. The molecule has 144 valence electrons. The minimum Gasteiger partial charge on any atom is -0.492 e. The van der Waals surface area contributed by atoms with Gasteiger partial charge >= 0.3 is 0 Å². The summed E-state index contributed by atoms with van der Waals surface area (Å²) in [6, 6.07) is 13.5. The molecule has 0 aliphatic carbocycles. The minimum absolute atomic E-state index is 0.501. The number of anilines is 2. The van der Waals surface area contributed by atoms with E-state index in [9.17, 15) is 0 Å². The number of rotatable bonds is 9. The molecule has 0 saturated heterocycles.